The number of fused-ring (bicyclic) bond motifs is 12. The lowest BCUT2D eigenvalue weighted by Gasteiger charge is -2.72. The van der Waals surface area contributed by atoms with Crippen LogP contribution in [0.5, 0.6) is 11.5 Å². The van der Waals surface area contributed by atoms with Crippen LogP contribution >= 0.6 is 21.6 Å². The minimum atomic E-state index is -2.50. The Bertz CT molecular complexity index is 1730. The molecule has 3 fully saturated rings. The second kappa shape index (κ2) is 13.2. The minimum absolute atomic E-state index is 0.00956. The van der Waals surface area contributed by atoms with Crippen LogP contribution in [0.2, 0.25) is 0 Å². The van der Waals surface area contributed by atoms with Crippen LogP contribution in [0.15, 0.2) is 46.6 Å². The standard InChI is InChI=1S/C36H45NO12S2/c1-2-45-26(41)8-5-19-13-20-9-11-46-28(20)30-29(19)48-35-15-22-3-6-23(47-30)16-37-10-12-50-51-31(22)34(18-39,49-35)33(43)14-21-4-7-25(40)24(17-38)27(21)36(35,44)32(33)42/h4,7,9,11,13,15,21,23-25,27,31-32,37-40,42-44H,2-3,5-6,8,10,12,14,16-18H2,1H3. The number of aliphatic hydroxyl groups excluding tert-OH is 4. The molecule has 1 aromatic heterocycles. The van der Waals surface area contributed by atoms with Gasteiger partial charge in [-0.25, -0.2) is 0 Å². The van der Waals surface area contributed by atoms with Gasteiger partial charge in [0, 0.05) is 49.1 Å². The van der Waals surface area contributed by atoms with Crippen LogP contribution in [0.25, 0.3) is 11.0 Å². The molecule has 0 amide bonds. The van der Waals surface area contributed by atoms with Crippen molar-refractivity contribution in [3.05, 3.63) is 47.8 Å². The van der Waals surface area contributed by atoms with Gasteiger partial charge in [-0.3, -0.25) is 4.79 Å². The average Bonchev–Trinajstić information content (AvgIpc) is 3.57. The van der Waals surface area contributed by atoms with Crippen molar-refractivity contribution in [1.29, 1.82) is 0 Å². The number of rotatable bonds is 6. The van der Waals surface area contributed by atoms with E-state index in [0.717, 1.165) is 5.57 Å². The third-order valence-corrected chi connectivity index (χ3v) is 14.7. The molecule has 1 spiro atoms. The Labute approximate surface area is 302 Å². The zero-order valence-electron chi connectivity index (χ0n) is 28.2. The van der Waals surface area contributed by atoms with E-state index in [0.29, 0.717) is 48.2 Å². The SMILES string of the molecule is CCOC(=O)CCc1cc2ccoc2c2c1OC13C=C4CCC(CNCCSSC4C(CO)(O1)C1(O)CC4C=CC(O)C(CO)C4C3(O)C1O)O2. The number of carbonyl (C=O) groups excluding carboxylic acids is 1. The van der Waals surface area contributed by atoms with E-state index in [1.807, 2.05) is 0 Å². The molecule has 13 nitrogen and oxygen atoms in total. The maximum Gasteiger partial charge on any atom is 0.306 e. The number of nitrogens with one attached hydrogen (secondary N) is 1. The van der Waals surface area contributed by atoms with Gasteiger partial charge >= 0.3 is 5.97 Å². The molecule has 2 aromatic rings. The number of allylic oxidation sites excluding steroid dienone is 1. The topological polar surface area (TPSA) is 201 Å². The third-order valence-electron chi connectivity index (χ3n) is 11.9. The van der Waals surface area contributed by atoms with Crippen LogP contribution in [-0.4, -0.2) is 121 Å². The van der Waals surface area contributed by atoms with Gasteiger partial charge in [-0.1, -0.05) is 39.3 Å². The molecule has 0 radical (unpaired) electrons. The molecule has 51 heavy (non-hydrogen) atoms. The summed E-state index contributed by atoms with van der Waals surface area (Å²) in [5, 5.41) is 75.6. The summed E-state index contributed by atoms with van der Waals surface area (Å²) in [7, 11) is 2.98. The van der Waals surface area contributed by atoms with E-state index in [1.54, 1.807) is 42.0 Å². The Morgan fingerprint density at radius 3 is 2.80 bits per heavy atom. The minimum Gasteiger partial charge on any atom is -0.482 e. The van der Waals surface area contributed by atoms with Gasteiger partial charge in [-0.15, -0.1) is 0 Å². The number of carbonyl (C=O) groups is 1. The monoisotopic (exact) mass is 747 g/mol. The normalized spacial score (nSPS) is 41.4. The maximum absolute atomic E-state index is 13.4. The number of ether oxygens (including phenoxy) is 4. The van der Waals surface area contributed by atoms with Crippen LogP contribution in [-0.2, 0) is 20.7 Å². The number of aryl methyl sites for hydroxylation is 1. The number of aliphatic hydroxyl groups is 6. The van der Waals surface area contributed by atoms with E-state index >= 15 is 0 Å². The van der Waals surface area contributed by atoms with Gasteiger partial charge < -0.3 is 59.3 Å². The van der Waals surface area contributed by atoms with Gasteiger partial charge in [-0.2, -0.15) is 0 Å². The van der Waals surface area contributed by atoms with E-state index in [2.05, 4.69) is 5.32 Å². The largest absolute Gasteiger partial charge is 0.482 e. The Balaban J connectivity index is 1.42. The van der Waals surface area contributed by atoms with Crippen LogP contribution in [0.3, 0.4) is 0 Å². The zero-order valence-corrected chi connectivity index (χ0v) is 29.9. The van der Waals surface area contributed by atoms with Crippen LogP contribution in [0.4, 0.5) is 0 Å². The number of hydrogen-bond donors (Lipinski definition) is 7. The lowest BCUT2D eigenvalue weighted by atomic mass is 9.47. The van der Waals surface area contributed by atoms with Gasteiger partial charge in [0.1, 0.15) is 23.4 Å². The van der Waals surface area contributed by atoms with E-state index in [1.165, 1.54) is 23.1 Å². The summed E-state index contributed by atoms with van der Waals surface area (Å²) in [4.78, 5) is 12.7. The number of hydrogen-bond acceptors (Lipinski definition) is 15. The summed E-state index contributed by atoms with van der Waals surface area (Å²) in [5.41, 5.74) is -4.98. The molecule has 6 bridgehead atoms. The number of benzene rings is 1. The highest BCUT2D eigenvalue weighted by atomic mass is 33.1. The number of furan rings is 1. The summed E-state index contributed by atoms with van der Waals surface area (Å²) in [6.45, 7) is 1.81. The van der Waals surface area contributed by atoms with Crippen molar-refractivity contribution >= 4 is 38.5 Å². The van der Waals surface area contributed by atoms with Gasteiger partial charge in [0.15, 0.2) is 16.9 Å². The molecular formula is C36H45NO12S2. The fraction of sp³-hybridized carbons (Fsp3) is 0.639. The van der Waals surface area contributed by atoms with Crippen molar-refractivity contribution in [2.24, 2.45) is 17.8 Å². The van der Waals surface area contributed by atoms with Gasteiger partial charge in [0.2, 0.25) is 5.75 Å². The van der Waals surface area contributed by atoms with Crippen LogP contribution in [0.1, 0.15) is 38.2 Å². The first-order valence-corrected chi connectivity index (χ1v) is 20.1. The first kappa shape index (κ1) is 35.7. The molecule has 2 saturated heterocycles. The smallest absolute Gasteiger partial charge is 0.306 e. The Kier molecular flexibility index (Phi) is 9.25. The van der Waals surface area contributed by atoms with Gasteiger partial charge in [-0.05, 0) is 62.3 Å². The molecule has 1 saturated carbocycles. The Morgan fingerprint density at radius 2 is 2.02 bits per heavy atom. The van der Waals surface area contributed by atoms with E-state index in [-0.39, 0.29) is 37.4 Å². The zero-order chi connectivity index (χ0) is 35.8. The lowest BCUT2D eigenvalue weighted by Crippen LogP contribution is -2.91. The second-order valence-electron chi connectivity index (χ2n) is 14.5. The maximum atomic E-state index is 13.4. The third kappa shape index (κ3) is 5.18. The predicted molar refractivity (Wildman–Crippen MR) is 187 cm³/mol. The van der Waals surface area contributed by atoms with Crippen molar-refractivity contribution in [3.8, 4) is 11.5 Å². The van der Waals surface area contributed by atoms with E-state index in [4.69, 9.17) is 23.4 Å². The summed E-state index contributed by atoms with van der Waals surface area (Å²) in [6.07, 6.45) is 3.79. The molecule has 11 unspecified atom stereocenters. The first-order chi connectivity index (χ1) is 24.6. The summed E-state index contributed by atoms with van der Waals surface area (Å²) < 4.78 is 32.1. The number of esters is 1. The molecule has 2 aliphatic carbocycles. The van der Waals surface area contributed by atoms with Crippen LogP contribution < -0.4 is 14.8 Å². The molecule has 1 aromatic carbocycles. The average molecular weight is 748 g/mol. The van der Waals surface area contributed by atoms with Gasteiger partial charge in [0.05, 0.1) is 30.8 Å². The van der Waals surface area contributed by atoms with Crippen molar-refractivity contribution in [3.63, 3.8) is 0 Å². The summed E-state index contributed by atoms with van der Waals surface area (Å²) >= 11 is 0. The summed E-state index contributed by atoms with van der Waals surface area (Å²) in [6, 6.07) is 3.58. The summed E-state index contributed by atoms with van der Waals surface area (Å²) in [5.74, 6) is -4.46. The molecule has 5 heterocycles. The van der Waals surface area contributed by atoms with E-state index in [9.17, 15) is 35.4 Å². The quantitative estimate of drug-likeness (QED) is 0.128. The molecule has 15 heteroatoms. The molecule has 4 aliphatic heterocycles. The predicted octanol–water partition coefficient (Wildman–Crippen LogP) is 1.60. The van der Waals surface area contributed by atoms with Crippen LogP contribution in [0, 0.1) is 17.8 Å². The first-order valence-electron chi connectivity index (χ1n) is 17.7. The Morgan fingerprint density at radius 1 is 1.18 bits per heavy atom. The fourth-order valence-electron chi connectivity index (χ4n) is 9.51. The van der Waals surface area contributed by atoms with Gasteiger partial charge in [0.25, 0.3) is 5.79 Å². The molecule has 6 aliphatic rings. The van der Waals surface area contributed by atoms with Crippen molar-refractivity contribution in [2.75, 3.05) is 38.7 Å². The highest BCUT2D eigenvalue weighted by Crippen LogP contribution is 2.67. The molecule has 11 atom stereocenters. The lowest BCUT2D eigenvalue weighted by molar-refractivity contribution is -0.451. The molecule has 8 rings (SSSR count). The molecule has 7 N–H and O–H groups in total. The van der Waals surface area contributed by atoms with Crippen molar-refractivity contribution in [1.82, 2.24) is 5.32 Å². The highest BCUT2D eigenvalue weighted by Gasteiger charge is 2.84. The second-order valence-corrected chi connectivity index (χ2v) is 17.1. The Hall–Kier alpha value is -2.31. The molecular weight excluding hydrogens is 703 g/mol. The van der Waals surface area contributed by atoms with Crippen molar-refractivity contribution in [2.45, 2.75) is 85.2 Å². The van der Waals surface area contributed by atoms with E-state index < -0.39 is 83.1 Å². The highest BCUT2D eigenvalue weighted by molar-refractivity contribution is 8.77. The van der Waals surface area contributed by atoms with Crippen molar-refractivity contribution < 1.29 is 58.8 Å². The molecule has 278 valence electrons. The fourth-order valence-corrected chi connectivity index (χ4v) is 12.5.